The van der Waals surface area contributed by atoms with Crippen LogP contribution in [0.5, 0.6) is 0 Å². The van der Waals surface area contributed by atoms with Crippen molar-refractivity contribution in [2.75, 3.05) is 0 Å². The average Bonchev–Trinajstić information content (AvgIpc) is 3.33. The molecule has 0 unspecified atom stereocenters. The topological polar surface area (TPSA) is 51.6 Å². The molecule has 0 atom stereocenters. The SMILES string of the molecule is C[Si]1(C)C(c2ccc(-c3ccccn3)nc2)=C(c2ccccc2)C(c2ccccc2)=C1c1ccc(-c2ccccn2)nc1. The van der Waals surface area contributed by atoms with Crippen molar-refractivity contribution < 1.29 is 0 Å². The number of rotatable bonds is 6. The van der Waals surface area contributed by atoms with Crippen LogP contribution in [0.2, 0.25) is 13.1 Å². The van der Waals surface area contributed by atoms with E-state index in [1.54, 1.807) is 0 Å². The Kier molecular flexibility index (Phi) is 6.93. The molecule has 0 radical (unpaired) electrons. The molecule has 7 rings (SSSR count). The molecule has 2 aromatic carbocycles. The lowest BCUT2D eigenvalue weighted by molar-refractivity contribution is 1.24. The van der Waals surface area contributed by atoms with Crippen molar-refractivity contribution in [3.05, 3.63) is 168 Å². The fourth-order valence-corrected chi connectivity index (χ4v) is 9.99. The number of pyridine rings is 4. The summed E-state index contributed by atoms with van der Waals surface area (Å²) in [5.74, 6) is 0. The zero-order valence-corrected chi connectivity index (χ0v) is 25.1. The molecule has 4 nitrogen and oxygen atoms in total. The predicted octanol–water partition coefficient (Wildman–Crippen LogP) is 8.92. The second-order valence-corrected chi connectivity index (χ2v) is 15.4. The van der Waals surface area contributed by atoms with E-state index in [0.29, 0.717) is 0 Å². The first-order chi connectivity index (χ1) is 21.1. The third-order valence-corrected chi connectivity index (χ3v) is 11.7. The minimum absolute atomic E-state index is 0.870. The Bertz CT molecular complexity index is 1790. The first-order valence-electron chi connectivity index (χ1n) is 14.5. The minimum atomic E-state index is -2.32. The zero-order chi connectivity index (χ0) is 29.2. The summed E-state index contributed by atoms with van der Waals surface area (Å²) in [6, 6.07) is 42.1. The number of hydrogen-bond acceptors (Lipinski definition) is 4. The van der Waals surface area contributed by atoms with E-state index < -0.39 is 8.07 Å². The van der Waals surface area contributed by atoms with Crippen LogP contribution in [0.3, 0.4) is 0 Å². The Morgan fingerprint density at radius 2 is 0.767 bits per heavy atom. The molecule has 5 heteroatoms. The van der Waals surface area contributed by atoms with E-state index >= 15 is 0 Å². The van der Waals surface area contributed by atoms with Crippen LogP contribution in [0, 0.1) is 0 Å². The van der Waals surface area contributed by atoms with Crippen LogP contribution >= 0.6 is 0 Å². The van der Waals surface area contributed by atoms with Gasteiger partial charge in [0.2, 0.25) is 0 Å². The highest BCUT2D eigenvalue weighted by atomic mass is 28.3. The summed E-state index contributed by atoms with van der Waals surface area (Å²) in [5.41, 5.74) is 10.8. The van der Waals surface area contributed by atoms with Gasteiger partial charge in [0.1, 0.15) is 8.07 Å². The van der Waals surface area contributed by atoms with Crippen LogP contribution in [0.4, 0.5) is 0 Å². The lowest BCUT2D eigenvalue weighted by atomic mass is 9.89. The van der Waals surface area contributed by atoms with Crippen molar-refractivity contribution in [3.63, 3.8) is 0 Å². The minimum Gasteiger partial charge on any atom is -0.255 e. The molecule has 0 saturated heterocycles. The molecule has 4 aromatic heterocycles. The van der Waals surface area contributed by atoms with E-state index in [4.69, 9.17) is 9.97 Å². The molecule has 1 aliphatic heterocycles. The molecule has 0 N–H and O–H groups in total. The molecule has 0 fully saturated rings. The van der Waals surface area contributed by atoms with E-state index in [2.05, 4.69) is 108 Å². The predicted molar refractivity (Wildman–Crippen MR) is 179 cm³/mol. The third-order valence-electron chi connectivity index (χ3n) is 8.08. The van der Waals surface area contributed by atoms with Crippen molar-refractivity contribution in [1.29, 1.82) is 0 Å². The molecule has 0 amide bonds. The van der Waals surface area contributed by atoms with Crippen LogP contribution < -0.4 is 0 Å². The highest BCUT2D eigenvalue weighted by Gasteiger charge is 2.44. The van der Waals surface area contributed by atoms with Gasteiger partial charge in [-0.1, -0.05) is 98.0 Å². The zero-order valence-electron chi connectivity index (χ0n) is 24.1. The van der Waals surface area contributed by atoms with Crippen molar-refractivity contribution in [3.8, 4) is 22.8 Å². The number of nitrogens with zero attached hydrogens (tertiary/aromatic N) is 4. The van der Waals surface area contributed by atoms with Gasteiger partial charge in [-0.15, -0.1) is 0 Å². The number of benzene rings is 2. The summed E-state index contributed by atoms with van der Waals surface area (Å²) in [5, 5.41) is 2.75. The van der Waals surface area contributed by atoms with Crippen molar-refractivity contribution in [2.24, 2.45) is 0 Å². The third kappa shape index (κ3) is 4.94. The van der Waals surface area contributed by atoms with Crippen molar-refractivity contribution in [1.82, 2.24) is 19.9 Å². The quantitative estimate of drug-likeness (QED) is 0.188. The Balaban J connectivity index is 1.45. The van der Waals surface area contributed by atoms with E-state index in [-0.39, 0.29) is 0 Å². The molecule has 206 valence electrons. The summed E-state index contributed by atoms with van der Waals surface area (Å²) in [6.07, 6.45) is 7.68. The van der Waals surface area contributed by atoms with Gasteiger partial charge in [0.05, 0.1) is 22.8 Å². The Labute approximate surface area is 253 Å². The van der Waals surface area contributed by atoms with E-state index in [1.807, 2.05) is 61.2 Å². The normalized spacial score (nSPS) is 14.3. The maximum Gasteiger partial charge on any atom is 0.115 e. The molecule has 0 aliphatic carbocycles. The van der Waals surface area contributed by atoms with Gasteiger partial charge in [-0.3, -0.25) is 19.9 Å². The molecule has 0 bridgehead atoms. The first-order valence-corrected chi connectivity index (χ1v) is 17.5. The van der Waals surface area contributed by atoms with Crippen LogP contribution in [0.1, 0.15) is 22.3 Å². The van der Waals surface area contributed by atoms with E-state index in [0.717, 1.165) is 33.9 Å². The van der Waals surface area contributed by atoms with Gasteiger partial charge in [-0.25, -0.2) is 0 Å². The number of allylic oxidation sites excluding steroid dienone is 2. The van der Waals surface area contributed by atoms with Gasteiger partial charge in [0.15, 0.2) is 0 Å². The van der Waals surface area contributed by atoms with E-state index in [1.165, 1.54) is 32.7 Å². The fourth-order valence-electron chi connectivity index (χ4n) is 6.21. The second-order valence-electron chi connectivity index (χ2n) is 11.2. The monoisotopic (exact) mass is 570 g/mol. The van der Waals surface area contributed by atoms with Crippen molar-refractivity contribution in [2.45, 2.75) is 13.1 Å². The summed E-state index contributed by atoms with van der Waals surface area (Å²) < 4.78 is 0. The molecule has 0 saturated carbocycles. The van der Waals surface area contributed by atoms with Crippen LogP contribution in [0.25, 0.3) is 44.3 Å². The maximum atomic E-state index is 4.92. The van der Waals surface area contributed by atoms with Crippen molar-refractivity contribution >= 4 is 29.6 Å². The van der Waals surface area contributed by atoms with Gasteiger partial charge in [-0.2, -0.15) is 0 Å². The molecule has 1 aliphatic rings. The molecular formula is C38H30N4Si. The Morgan fingerprint density at radius 1 is 0.372 bits per heavy atom. The largest absolute Gasteiger partial charge is 0.255 e. The Hall–Kier alpha value is -5.26. The molecule has 0 spiro atoms. The van der Waals surface area contributed by atoms with Gasteiger partial charge in [0, 0.05) is 24.8 Å². The second kappa shape index (κ2) is 11.2. The van der Waals surface area contributed by atoms with Gasteiger partial charge >= 0.3 is 0 Å². The molecule has 43 heavy (non-hydrogen) atoms. The number of hydrogen-bond donors (Lipinski definition) is 0. The van der Waals surface area contributed by atoms with Crippen LogP contribution in [-0.2, 0) is 0 Å². The lowest BCUT2D eigenvalue weighted by Crippen LogP contribution is -2.28. The Morgan fingerprint density at radius 3 is 1.12 bits per heavy atom. The fraction of sp³-hybridized carbons (Fsp3) is 0.0526. The van der Waals surface area contributed by atoms with Crippen LogP contribution in [-0.4, -0.2) is 28.0 Å². The summed E-state index contributed by atoms with van der Waals surface area (Å²) in [7, 11) is -2.32. The van der Waals surface area contributed by atoms with Gasteiger partial charge in [-0.05, 0) is 80.2 Å². The maximum absolute atomic E-state index is 4.92. The summed E-state index contributed by atoms with van der Waals surface area (Å²) in [4.78, 5) is 18.9. The van der Waals surface area contributed by atoms with E-state index in [9.17, 15) is 0 Å². The highest BCUT2D eigenvalue weighted by Crippen LogP contribution is 2.55. The smallest absolute Gasteiger partial charge is 0.115 e. The lowest BCUT2D eigenvalue weighted by Gasteiger charge is -2.26. The molecular weight excluding hydrogens is 541 g/mol. The number of aromatic nitrogens is 4. The standard InChI is InChI=1S/C38H30N4Si/c1-43(2)37(29-19-21-33(41-25-29)31-17-9-11-23-39-31)35(27-13-5-3-6-14-27)36(28-15-7-4-8-16-28)38(43)30-20-22-34(42-26-30)32-18-10-12-24-40-32/h3-26H,1-2H3. The molecule has 5 heterocycles. The molecule has 6 aromatic rings. The average molecular weight is 571 g/mol. The summed E-state index contributed by atoms with van der Waals surface area (Å²) in [6.45, 7) is 4.91. The van der Waals surface area contributed by atoms with Crippen LogP contribution in [0.15, 0.2) is 146 Å². The van der Waals surface area contributed by atoms with Gasteiger partial charge < -0.3 is 0 Å². The van der Waals surface area contributed by atoms with Gasteiger partial charge in [0.25, 0.3) is 0 Å². The highest BCUT2D eigenvalue weighted by molar-refractivity contribution is 7.13. The summed E-state index contributed by atoms with van der Waals surface area (Å²) >= 11 is 0. The first kappa shape index (κ1) is 26.6.